The molecule has 6 heteroatoms. The molecule has 0 bridgehead atoms. The Morgan fingerprint density at radius 3 is 2.42 bits per heavy atom. The Bertz CT molecular complexity index is 729. The molecule has 2 amide bonds. The first-order valence-electron chi connectivity index (χ1n) is 8.58. The molecule has 0 spiro atoms. The van der Waals surface area contributed by atoms with E-state index in [0.717, 1.165) is 29.1 Å². The molecule has 3 N–H and O–H groups in total. The van der Waals surface area contributed by atoms with Crippen LogP contribution >= 0.6 is 0 Å². The van der Waals surface area contributed by atoms with Crippen LogP contribution in [0.1, 0.15) is 18.9 Å². The zero-order valence-electron chi connectivity index (χ0n) is 15.2. The van der Waals surface area contributed by atoms with Gasteiger partial charge in [0.1, 0.15) is 5.75 Å². The van der Waals surface area contributed by atoms with Gasteiger partial charge in [-0.25, -0.2) is 0 Å². The molecule has 0 aliphatic rings. The smallest absolute Gasteiger partial charge is 0.221 e. The van der Waals surface area contributed by atoms with Crippen LogP contribution < -0.4 is 20.7 Å². The number of rotatable bonds is 9. The first-order chi connectivity index (χ1) is 12.6. The maximum atomic E-state index is 11.9. The minimum Gasteiger partial charge on any atom is -0.497 e. The quantitative estimate of drug-likeness (QED) is 0.646. The Balaban J connectivity index is 1.64. The second kappa shape index (κ2) is 10.1. The Hall–Kier alpha value is -3.02. The molecular formula is C20H25N3O3. The second-order valence-electron chi connectivity index (χ2n) is 5.89. The lowest BCUT2D eigenvalue weighted by molar-refractivity contribution is -0.120. The molecule has 2 aromatic carbocycles. The summed E-state index contributed by atoms with van der Waals surface area (Å²) >= 11 is 0. The van der Waals surface area contributed by atoms with Gasteiger partial charge in [-0.1, -0.05) is 12.1 Å². The topological polar surface area (TPSA) is 79.5 Å². The van der Waals surface area contributed by atoms with Gasteiger partial charge in [0.05, 0.1) is 7.11 Å². The highest BCUT2D eigenvalue weighted by atomic mass is 16.5. The number of amides is 2. The number of anilines is 2. The summed E-state index contributed by atoms with van der Waals surface area (Å²) in [7, 11) is 1.64. The molecule has 0 saturated heterocycles. The lowest BCUT2D eigenvalue weighted by Crippen LogP contribution is -2.27. The van der Waals surface area contributed by atoms with Crippen LogP contribution in [0, 0.1) is 0 Å². The van der Waals surface area contributed by atoms with Crippen molar-refractivity contribution in [3.63, 3.8) is 0 Å². The summed E-state index contributed by atoms with van der Waals surface area (Å²) in [6, 6.07) is 15.2. The summed E-state index contributed by atoms with van der Waals surface area (Å²) in [5, 5.41) is 8.82. The first kappa shape index (κ1) is 19.3. The number of benzene rings is 2. The van der Waals surface area contributed by atoms with E-state index in [1.165, 1.54) is 6.92 Å². The van der Waals surface area contributed by atoms with Crippen molar-refractivity contribution >= 4 is 23.2 Å². The SMILES string of the molecule is COc1cccc(CCNC(=O)CCNc2ccc(NC(C)=O)cc2)c1. The Labute approximate surface area is 153 Å². The van der Waals surface area contributed by atoms with E-state index in [-0.39, 0.29) is 11.8 Å². The number of hydrogen-bond acceptors (Lipinski definition) is 4. The summed E-state index contributed by atoms with van der Waals surface area (Å²) in [6.07, 6.45) is 1.16. The Kier molecular flexibility index (Phi) is 7.49. The molecule has 2 rings (SSSR count). The molecule has 0 radical (unpaired) electrons. The van der Waals surface area contributed by atoms with Crippen molar-refractivity contribution in [3.05, 3.63) is 54.1 Å². The first-order valence-corrected chi connectivity index (χ1v) is 8.58. The molecule has 6 nitrogen and oxygen atoms in total. The van der Waals surface area contributed by atoms with Crippen molar-refractivity contribution in [2.45, 2.75) is 19.8 Å². The standard InChI is InChI=1S/C20H25N3O3/c1-15(24)23-18-8-6-17(7-9-18)21-13-11-20(25)22-12-10-16-4-3-5-19(14-16)26-2/h3-9,14,21H,10-13H2,1-2H3,(H,22,25)(H,23,24). The number of nitrogens with one attached hydrogen (secondary N) is 3. The molecule has 0 saturated carbocycles. The van der Waals surface area contributed by atoms with Crippen LogP contribution in [0.4, 0.5) is 11.4 Å². The fourth-order valence-corrected chi connectivity index (χ4v) is 2.46. The highest BCUT2D eigenvalue weighted by molar-refractivity contribution is 5.88. The number of methoxy groups -OCH3 is 1. The molecule has 0 atom stereocenters. The van der Waals surface area contributed by atoms with Gasteiger partial charge in [0.25, 0.3) is 0 Å². The van der Waals surface area contributed by atoms with Gasteiger partial charge in [-0.2, -0.15) is 0 Å². The maximum Gasteiger partial charge on any atom is 0.221 e. The van der Waals surface area contributed by atoms with Gasteiger partial charge in [0.2, 0.25) is 11.8 Å². The van der Waals surface area contributed by atoms with E-state index >= 15 is 0 Å². The largest absolute Gasteiger partial charge is 0.497 e. The van der Waals surface area contributed by atoms with Gasteiger partial charge in [-0.3, -0.25) is 9.59 Å². The van der Waals surface area contributed by atoms with E-state index in [4.69, 9.17) is 4.74 Å². The van der Waals surface area contributed by atoms with Crippen molar-refractivity contribution in [2.75, 3.05) is 30.8 Å². The number of carbonyl (C=O) groups is 2. The monoisotopic (exact) mass is 355 g/mol. The third kappa shape index (κ3) is 6.84. The van der Waals surface area contributed by atoms with Crippen LogP contribution in [0.5, 0.6) is 5.75 Å². The summed E-state index contributed by atoms with van der Waals surface area (Å²) in [5.74, 6) is 0.731. The average Bonchev–Trinajstić information content (AvgIpc) is 2.63. The fraction of sp³-hybridized carbons (Fsp3) is 0.300. The van der Waals surface area contributed by atoms with Gasteiger partial charge in [-0.05, 0) is 48.4 Å². The van der Waals surface area contributed by atoms with Gasteiger partial charge >= 0.3 is 0 Å². The predicted molar refractivity (Wildman–Crippen MR) is 104 cm³/mol. The molecule has 0 fully saturated rings. The normalized spacial score (nSPS) is 10.1. The minimum absolute atomic E-state index is 0.00950. The van der Waals surface area contributed by atoms with E-state index in [1.807, 2.05) is 48.5 Å². The average molecular weight is 355 g/mol. The molecule has 2 aromatic rings. The van der Waals surface area contributed by atoms with Crippen LogP contribution in [-0.4, -0.2) is 32.0 Å². The summed E-state index contributed by atoms with van der Waals surface area (Å²) < 4.78 is 5.19. The van der Waals surface area contributed by atoms with E-state index < -0.39 is 0 Å². The lowest BCUT2D eigenvalue weighted by Gasteiger charge is -2.09. The summed E-state index contributed by atoms with van der Waals surface area (Å²) in [5.41, 5.74) is 2.78. The maximum absolute atomic E-state index is 11.9. The Morgan fingerprint density at radius 1 is 1.00 bits per heavy atom. The summed E-state index contributed by atoms with van der Waals surface area (Å²) in [6.45, 7) is 2.61. The molecule has 26 heavy (non-hydrogen) atoms. The van der Waals surface area contributed by atoms with Gasteiger partial charge in [0, 0.05) is 37.8 Å². The third-order valence-corrected chi connectivity index (χ3v) is 3.76. The summed E-state index contributed by atoms with van der Waals surface area (Å²) in [4.78, 5) is 22.9. The van der Waals surface area contributed by atoms with Crippen LogP contribution in [-0.2, 0) is 16.0 Å². The number of hydrogen-bond donors (Lipinski definition) is 3. The zero-order chi connectivity index (χ0) is 18.8. The van der Waals surface area contributed by atoms with E-state index in [0.29, 0.717) is 19.5 Å². The molecule has 138 valence electrons. The third-order valence-electron chi connectivity index (χ3n) is 3.76. The predicted octanol–water partition coefficient (Wildman–Crippen LogP) is 2.81. The Morgan fingerprint density at radius 2 is 1.73 bits per heavy atom. The van der Waals surface area contributed by atoms with Crippen LogP contribution in [0.15, 0.2) is 48.5 Å². The van der Waals surface area contributed by atoms with Crippen LogP contribution in [0.2, 0.25) is 0 Å². The number of ether oxygens (including phenoxy) is 1. The minimum atomic E-state index is -0.101. The van der Waals surface area contributed by atoms with Gasteiger partial charge < -0.3 is 20.7 Å². The highest BCUT2D eigenvalue weighted by Crippen LogP contribution is 2.14. The van der Waals surface area contributed by atoms with Crippen LogP contribution in [0.25, 0.3) is 0 Å². The number of carbonyl (C=O) groups excluding carboxylic acids is 2. The zero-order valence-corrected chi connectivity index (χ0v) is 15.2. The molecule has 0 unspecified atom stereocenters. The second-order valence-corrected chi connectivity index (χ2v) is 5.89. The fourth-order valence-electron chi connectivity index (χ4n) is 2.46. The van der Waals surface area contributed by atoms with Gasteiger partial charge in [-0.15, -0.1) is 0 Å². The molecular weight excluding hydrogens is 330 g/mol. The highest BCUT2D eigenvalue weighted by Gasteiger charge is 2.02. The van der Waals surface area contributed by atoms with Crippen molar-refractivity contribution in [2.24, 2.45) is 0 Å². The van der Waals surface area contributed by atoms with Crippen molar-refractivity contribution in [1.82, 2.24) is 5.32 Å². The van der Waals surface area contributed by atoms with Gasteiger partial charge in [0.15, 0.2) is 0 Å². The lowest BCUT2D eigenvalue weighted by atomic mass is 10.1. The van der Waals surface area contributed by atoms with Crippen molar-refractivity contribution in [3.8, 4) is 5.75 Å². The molecule has 0 aliphatic heterocycles. The molecule has 0 aromatic heterocycles. The van der Waals surface area contributed by atoms with E-state index in [2.05, 4.69) is 16.0 Å². The van der Waals surface area contributed by atoms with E-state index in [9.17, 15) is 9.59 Å². The molecule has 0 heterocycles. The van der Waals surface area contributed by atoms with E-state index in [1.54, 1.807) is 7.11 Å². The van der Waals surface area contributed by atoms with Crippen molar-refractivity contribution in [1.29, 1.82) is 0 Å². The van der Waals surface area contributed by atoms with Crippen molar-refractivity contribution < 1.29 is 14.3 Å². The molecule has 0 aliphatic carbocycles. The van der Waals surface area contributed by atoms with Crippen LogP contribution in [0.3, 0.4) is 0 Å².